The number of nitrogen functional groups attached to an aromatic ring is 1. The van der Waals surface area contributed by atoms with E-state index in [4.69, 9.17) is 15.2 Å². The Kier molecular flexibility index (Phi) is 3.66. The number of carbonyl (C=O) groups is 1. The number of fused-ring (bicyclic) bond motifs is 1. The first-order valence-electron chi connectivity index (χ1n) is 6.61. The van der Waals surface area contributed by atoms with Gasteiger partial charge in [0.1, 0.15) is 22.9 Å². The predicted octanol–water partition coefficient (Wildman–Crippen LogP) is 2.45. The van der Waals surface area contributed by atoms with E-state index >= 15 is 0 Å². The van der Waals surface area contributed by atoms with E-state index in [1.54, 1.807) is 6.92 Å². The van der Waals surface area contributed by atoms with E-state index in [1.807, 2.05) is 24.3 Å². The molecule has 1 aliphatic rings. The number of aromatic nitrogens is 1. The van der Waals surface area contributed by atoms with Gasteiger partial charge < -0.3 is 20.5 Å². The lowest BCUT2D eigenvalue weighted by atomic mass is 10.1. The molecule has 1 aliphatic heterocycles. The van der Waals surface area contributed by atoms with Crippen LogP contribution in [0.25, 0.3) is 0 Å². The van der Waals surface area contributed by atoms with Crippen molar-refractivity contribution in [2.45, 2.75) is 13.0 Å². The fraction of sp³-hybridized carbons (Fsp3) is 0.286. The smallest absolute Gasteiger partial charge is 0.344 e. The molecule has 7 heteroatoms. The van der Waals surface area contributed by atoms with Crippen molar-refractivity contribution < 1.29 is 14.3 Å². The number of rotatable bonds is 4. The second kappa shape index (κ2) is 5.61. The average Bonchev–Trinajstić information content (AvgIpc) is 3.04. The molecule has 1 aromatic carbocycles. The van der Waals surface area contributed by atoms with E-state index in [-0.39, 0.29) is 11.9 Å². The molecule has 110 valence electrons. The van der Waals surface area contributed by atoms with E-state index < -0.39 is 5.97 Å². The van der Waals surface area contributed by atoms with Gasteiger partial charge in [-0.15, -0.1) is 0 Å². The highest BCUT2D eigenvalue weighted by Gasteiger charge is 2.27. The van der Waals surface area contributed by atoms with Crippen LogP contribution in [0.1, 0.15) is 28.9 Å². The highest BCUT2D eigenvalue weighted by atomic mass is 32.1. The maximum Gasteiger partial charge on any atom is 0.344 e. The van der Waals surface area contributed by atoms with Crippen LogP contribution in [0.4, 0.5) is 10.8 Å². The van der Waals surface area contributed by atoms with Crippen molar-refractivity contribution in [3.63, 3.8) is 0 Å². The minimum Gasteiger partial charge on any atom is -0.491 e. The molecule has 21 heavy (non-hydrogen) atoms. The molecular weight excluding hydrogens is 290 g/mol. The molecule has 0 spiro atoms. The quantitative estimate of drug-likeness (QED) is 0.844. The first-order valence-corrected chi connectivity index (χ1v) is 7.38. The van der Waals surface area contributed by atoms with Gasteiger partial charge in [0.25, 0.3) is 0 Å². The predicted molar refractivity (Wildman–Crippen MR) is 80.8 cm³/mol. The summed E-state index contributed by atoms with van der Waals surface area (Å²) < 4.78 is 14.7. The number of nitrogens with one attached hydrogen (secondary N) is 1. The summed E-state index contributed by atoms with van der Waals surface area (Å²) in [4.78, 5) is 12.0. The van der Waals surface area contributed by atoms with Crippen molar-refractivity contribution in [3.05, 3.63) is 35.4 Å². The Morgan fingerprint density at radius 2 is 2.38 bits per heavy atom. The van der Waals surface area contributed by atoms with Crippen LogP contribution in [0, 0.1) is 0 Å². The molecule has 2 heterocycles. The van der Waals surface area contributed by atoms with Gasteiger partial charge in [-0.3, -0.25) is 0 Å². The first-order chi connectivity index (χ1) is 10.2. The maximum atomic E-state index is 12.0. The number of hydrogen-bond acceptors (Lipinski definition) is 7. The zero-order valence-electron chi connectivity index (χ0n) is 11.5. The Balaban J connectivity index is 1.85. The largest absolute Gasteiger partial charge is 0.491 e. The standard InChI is InChI=1S/C14H15N3O3S/c1-2-19-14(18)11-12(15)17-21-13(11)16-9-7-20-10-6-4-3-5-8(9)10/h3-6,9,16H,2,7H2,1H3,(H2,15,17). The van der Waals surface area contributed by atoms with Crippen molar-refractivity contribution >= 4 is 28.3 Å². The van der Waals surface area contributed by atoms with Crippen LogP contribution >= 0.6 is 11.5 Å². The number of anilines is 2. The summed E-state index contributed by atoms with van der Waals surface area (Å²) in [6.45, 7) is 2.55. The van der Waals surface area contributed by atoms with Crippen LogP contribution in [0.3, 0.4) is 0 Å². The van der Waals surface area contributed by atoms with Gasteiger partial charge in [0, 0.05) is 5.56 Å². The fourth-order valence-electron chi connectivity index (χ4n) is 2.24. The highest BCUT2D eigenvalue weighted by Crippen LogP contribution is 2.37. The van der Waals surface area contributed by atoms with Crippen molar-refractivity contribution in [3.8, 4) is 5.75 Å². The molecule has 0 bridgehead atoms. The summed E-state index contributed by atoms with van der Waals surface area (Å²) in [6, 6.07) is 7.76. The molecule has 1 aromatic heterocycles. The molecule has 2 aromatic rings. The number of benzene rings is 1. The molecule has 6 nitrogen and oxygen atoms in total. The van der Waals surface area contributed by atoms with E-state index in [1.165, 1.54) is 0 Å². The number of carbonyl (C=O) groups excluding carboxylic acids is 1. The van der Waals surface area contributed by atoms with Crippen molar-refractivity contribution in [1.82, 2.24) is 4.37 Å². The number of ether oxygens (including phenoxy) is 2. The van der Waals surface area contributed by atoms with Crippen LogP contribution in [-0.2, 0) is 4.74 Å². The lowest BCUT2D eigenvalue weighted by Gasteiger charge is -2.12. The molecule has 1 unspecified atom stereocenters. The van der Waals surface area contributed by atoms with Crippen LogP contribution in [0.15, 0.2) is 24.3 Å². The fourth-order valence-corrected chi connectivity index (χ4v) is 3.00. The first kappa shape index (κ1) is 13.7. The zero-order valence-corrected chi connectivity index (χ0v) is 12.3. The zero-order chi connectivity index (χ0) is 14.8. The van der Waals surface area contributed by atoms with Crippen molar-refractivity contribution in [1.29, 1.82) is 0 Å². The molecule has 1 atom stereocenters. The summed E-state index contributed by atoms with van der Waals surface area (Å²) in [5.41, 5.74) is 7.12. The Morgan fingerprint density at radius 3 is 3.19 bits per heavy atom. The third-order valence-electron chi connectivity index (χ3n) is 3.20. The summed E-state index contributed by atoms with van der Waals surface area (Å²) >= 11 is 1.15. The molecule has 3 rings (SSSR count). The molecule has 0 aliphatic carbocycles. The Labute approximate surface area is 126 Å². The van der Waals surface area contributed by atoms with Crippen molar-refractivity contribution in [2.75, 3.05) is 24.3 Å². The molecule has 0 amide bonds. The number of para-hydroxylation sites is 1. The maximum absolute atomic E-state index is 12.0. The third-order valence-corrected chi connectivity index (χ3v) is 4.00. The van der Waals surface area contributed by atoms with Gasteiger partial charge >= 0.3 is 5.97 Å². The van der Waals surface area contributed by atoms with Crippen molar-refractivity contribution in [2.24, 2.45) is 0 Å². The summed E-state index contributed by atoms with van der Waals surface area (Å²) in [5, 5.41) is 3.88. The van der Waals surface area contributed by atoms with E-state index in [0.29, 0.717) is 23.8 Å². The third kappa shape index (κ3) is 2.52. The second-order valence-electron chi connectivity index (χ2n) is 4.54. The molecular formula is C14H15N3O3S. The van der Waals surface area contributed by atoms with Gasteiger partial charge in [-0.2, -0.15) is 4.37 Å². The Morgan fingerprint density at radius 1 is 1.57 bits per heavy atom. The number of esters is 1. The summed E-state index contributed by atoms with van der Waals surface area (Å²) in [5.74, 6) is 0.580. The van der Waals surface area contributed by atoms with Gasteiger partial charge in [-0.25, -0.2) is 4.79 Å². The monoisotopic (exact) mass is 305 g/mol. The second-order valence-corrected chi connectivity index (χ2v) is 5.31. The van der Waals surface area contributed by atoms with Crippen LogP contribution < -0.4 is 15.8 Å². The molecule has 0 saturated carbocycles. The minimum atomic E-state index is -0.460. The lowest BCUT2D eigenvalue weighted by Crippen LogP contribution is -2.15. The normalized spacial score (nSPS) is 16.1. The Bertz CT molecular complexity index is 671. The van der Waals surface area contributed by atoms with Gasteiger partial charge in [0.15, 0.2) is 5.82 Å². The van der Waals surface area contributed by atoms with E-state index in [2.05, 4.69) is 9.69 Å². The SMILES string of the molecule is CCOC(=O)c1c(N)nsc1NC1COc2ccccc21. The number of nitrogens with two attached hydrogens (primary N) is 1. The van der Waals surface area contributed by atoms with Crippen LogP contribution in [0.2, 0.25) is 0 Å². The van der Waals surface area contributed by atoms with Gasteiger partial charge in [0.2, 0.25) is 0 Å². The lowest BCUT2D eigenvalue weighted by molar-refractivity contribution is 0.0529. The van der Waals surface area contributed by atoms with Gasteiger partial charge in [-0.05, 0) is 24.5 Å². The molecule has 0 fully saturated rings. The minimum absolute atomic E-state index is 0.0331. The topological polar surface area (TPSA) is 86.5 Å². The molecule has 3 N–H and O–H groups in total. The van der Waals surface area contributed by atoms with Crippen LogP contribution in [0.5, 0.6) is 5.75 Å². The summed E-state index contributed by atoms with van der Waals surface area (Å²) in [6.07, 6.45) is 0. The number of nitrogens with zero attached hydrogens (tertiary/aromatic N) is 1. The average molecular weight is 305 g/mol. The summed E-state index contributed by atoms with van der Waals surface area (Å²) in [7, 11) is 0. The van der Waals surface area contributed by atoms with Gasteiger partial charge in [0.05, 0.1) is 12.6 Å². The van der Waals surface area contributed by atoms with E-state index in [9.17, 15) is 4.79 Å². The Hall–Kier alpha value is -2.28. The number of hydrogen-bond donors (Lipinski definition) is 2. The molecule has 0 saturated heterocycles. The highest BCUT2D eigenvalue weighted by molar-refractivity contribution is 7.11. The van der Waals surface area contributed by atoms with Gasteiger partial charge in [-0.1, -0.05) is 18.2 Å². The molecule has 0 radical (unpaired) electrons. The van der Waals surface area contributed by atoms with E-state index in [0.717, 1.165) is 22.8 Å². The van der Waals surface area contributed by atoms with Crippen LogP contribution in [-0.4, -0.2) is 23.6 Å².